The van der Waals surface area contributed by atoms with Gasteiger partial charge in [-0.05, 0) is 6.07 Å². The van der Waals surface area contributed by atoms with Crippen LogP contribution in [0.2, 0.25) is 0 Å². The highest BCUT2D eigenvalue weighted by Crippen LogP contribution is 2.28. The first kappa shape index (κ1) is 11.4. The molecule has 0 heterocycles. The van der Waals surface area contributed by atoms with E-state index in [1.54, 1.807) is 36.4 Å². The van der Waals surface area contributed by atoms with Gasteiger partial charge in [-0.1, -0.05) is 51.7 Å². The van der Waals surface area contributed by atoms with Gasteiger partial charge in [0.05, 0.1) is 0 Å². The van der Waals surface area contributed by atoms with E-state index in [-0.39, 0.29) is 11.6 Å². The van der Waals surface area contributed by atoms with Gasteiger partial charge in [0.25, 0.3) is 0 Å². The third-order valence-electron chi connectivity index (χ3n) is 3.04. The molecule has 0 fully saturated rings. The Bertz CT molecular complexity index is 647. The van der Waals surface area contributed by atoms with Crippen molar-refractivity contribution in [2.45, 2.75) is 0 Å². The van der Waals surface area contributed by atoms with Crippen LogP contribution in [-0.2, 0) is 0 Å². The summed E-state index contributed by atoms with van der Waals surface area (Å²) in [6.07, 6.45) is 0. The molecule has 0 saturated heterocycles. The zero-order valence-electron chi connectivity index (χ0n) is 9.24. The van der Waals surface area contributed by atoms with E-state index in [0.29, 0.717) is 32.2 Å². The summed E-state index contributed by atoms with van der Waals surface area (Å²) in [5.41, 5.74) is 2.12. The third-order valence-corrected chi connectivity index (χ3v) is 3.73. The average molecular weight is 297 g/mol. The van der Waals surface area contributed by atoms with Crippen LogP contribution in [0.5, 0.6) is 0 Å². The molecule has 4 heteroatoms. The molecule has 2 radical (unpaired) electrons. The Morgan fingerprint density at radius 3 is 1.89 bits per heavy atom. The molecule has 0 aromatic heterocycles. The second kappa shape index (κ2) is 3.92. The quantitative estimate of drug-likeness (QED) is 0.595. The van der Waals surface area contributed by atoms with Crippen molar-refractivity contribution in [2.75, 3.05) is 0 Å². The van der Waals surface area contributed by atoms with E-state index >= 15 is 0 Å². The average Bonchev–Trinajstić information content (AvgIpc) is 2.38. The maximum atomic E-state index is 12.3. The van der Waals surface area contributed by atoms with Gasteiger partial charge in [0.15, 0.2) is 11.6 Å². The summed E-state index contributed by atoms with van der Waals surface area (Å²) in [6, 6.07) is 9.99. The monoisotopic (exact) mass is 296 g/mol. The molecule has 1 aliphatic rings. The lowest BCUT2D eigenvalue weighted by atomic mass is 9.81. The summed E-state index contributed by atoms with van der Waals surface area (Å²) in [7, 11) is 5.76. The summed E-state index contributed by atoms with van der Waals surface area (Å²) >= 11 is 3.27. The minimum absolute atomic E-state index is 0.138. The van der Waals surface area contributed by atoms with E-state index in [2.05, 4.69) is 15.9 Å². The highest BCUT2D eigenvalue weighted by Gasteiger charge is 2.29. The molecule has 2 aromatic carbocycles. The lowest BCUT2D eigenvalue weighted by molar-refractivity contribution is 0.0979. The largest absolute Gasteiger partial charge is 0.289 e. The Morgan fingerprint density at radius 2 is 1.33 bits per heavy atom. The fourth-order valence-corrected chi connectivity index (χ4v) is 2.48. The van der Waals surface area contributed by atoms with E-state index in [1.807, 2.05) is 0 Å². The van der Waals surface area contributed by atoms with E-state index in [4.69, 9.17) is 7.85 Å². The van der Waals surface area contributed by atoms with Gasteiger partial charge < -0.3 is 0 Å². The predicted octanol–water partition coefficient (Wildman–Crippen LogP) is 2.02. The van der Waals surface area contributed by atoms with Crippen LogP contribution in [0.4, 0.5) is 0 Å². The molecule has 2 aromatic rings. The highest BCUT2D eigenvalue weighted by atomic mass is 79.9. The van der Waals surface area contributed by atoms with Crippen LogP contribution in [0.15, 0.2) is 40.9 Å². The second-order valence-electron chi connectivity index (χ2n) is 4.12. The maximum absolute atomic E-state index is 12.3. The number of hydrogen-bond donors (Lipinski definition) is 0. The van der Waals surface area contributed by atoms with Crippen LogP contribution >= 0.6 is 15.9 Å². The van der Waals surface area contributed by atoms with Crippen LogP contribution in [-0.4, -0.2) is 19.4 Å². The lowest BCUT2D eigenvalue weighted by Crippen LogP contribution is -2.23. The summed E-state index contributed by atoms with van der Waals surface area (Å²) < 4.78 is 0.627. The van der Waals surface area contributed by atoms with Crippen molar-refractivity contribution in [3.63, 3.8) is 0 Å². The summed E-state index contributed by atoms with van der Waals surface area (Å²) in [5.74, 6) is -0.291. The van der Waals surface area contributed by atoms with Crippen molar-refractivity contribution in [1.82, 2.24) is 0 Å². The molecular formula is C14H6BBrO2. The minimum atomic E-state index is -0.153. The lowest BCUT2D eigenvalue weighted by Gasteiger charge is -2.18. The number of rotatable bonds is 0. The molecular weight excluding hydrogens is 291 g/mol. The summed E-state index contributed by atoms with van der Waals surface area (Å²) in [6.45, 7) is 0. The van der Waals surface area contributed by atoms with Gasteiger partial charge in [0.1, 0.15) is 7.85 Å². The minimum Gasteiger partial charge on any atom is -0.289 e. The van der Waals surface area contributed by atoms with Gasteiger partial charge in [0.2, 0.25) is 0 Å². The normalized spacial score (nSPS) is 13.2. The van der Waals surface area contributed by atoms with Crippen LogP contribution in [0.3, 0.4) is 0 Å². The van der Waals surface area contributed by atoms with Crippen molar-refractivity contribution in [3.05, 3.63) is 63.1 Å². The van der Waals surface area contributed by atoms with E-state index in [9.17, 15) is 9.59 Å². The molecule has 84 valence electrons. The highest BCUT2D eigenvalue weighted by molar-refractivity contribution is 9.10. The van der Waals surface area contributed by atoms with Crippen molar-refractivity contribution in [3.8, 4) is 0 Å². The summed E-state index contributed by atoms with van der Waals surface area (Å²) in [4.78, 5) is 24.6. The van der Waals surface area contributed by atoms with Gasteiger partial charge in [-0.2, -0.15) is 0 Å². The molecule has 0 spiro atoms. The Balaban J connectivity index is 2.34. The van der Waals surface area contributed by atoms with Crippen LogP contribution in [0, 0.1) is 0 Å². The Hall–Kier alpha value is -1.68. The van der Waals surface area contributed by atoms with E-state index in [1.165, 1.54) is 0 Å². The zero-order valence-corrected chi connectivity index (χ0v) is 10.8. The van der Waals surface area contributed by atoms with Crippen molar-refractivity contribution >= 4 is 40.8 Å². The number of carbonyl (C=O) groups is 2. The third kappa shape index (κ3) is 1.49. The molecule has 2 nitrogen and oxygen atoms in total. The fraction of sp³-hybridized carbons (Fsp3) is 0. The number of halogens is 1. The number of benzene rings is 2. The molecule has 0 aliphatic heterocycles. The molecule has 18 heavy (non-hydrogen) atoms. The Morgan fingerprint density at radius 1 is 0.833 bits per heavy atom. The molecule has 3 rings (SSSR count). The fourth-order valence-electron chi connectivity index (χ4n) is 2.14. The predicted molar refractivity (Wildman–Crippen MR) is 72.8 cm³/mol. The number of hydrogen-bond acceptors (Lipinski definition) is 2. The molecule has 0 bridgehead atoms. The SMILES string of the molecule is [B]c1cc2c(cc1Br)C(=O)c1ccccc1C2=O. The van der Waals surface area contributed by atoms with Crippen LogP contribution < -0.4 is 5.46 Å². The van der Waals surface area contributed by atoms with Crippen LogP contribution in [0.1, 0.15) is 31.8 Å². The van der Waals surface area contributed by atoms with E-state index < -0.39 is 0 Å². The first-order chi connectivity index (χ1) is 8.59. The van der Waals surface area contributed by atoms with Gasteiger partial charge in [-0.15, -0.1) is 0 Å². The Kier molecular flexibility index (Phi) is 2.49. The molecule has 0 amide bonds. The maximum Gasteiger partial charge on any atom is 0.194 e. The van der Waals surface area contributed by atoms with Crippen molar-refractivity contribution in [1.29, 1.82) is 0 Å². The zero-order chi connectivity index (χ0) is 12.9. The standard InChI is InChI=1S/C14H6BBrO2/c15-11-5-9-10(6-12(11)16)14(18)8-4-2-1-3-7(8)13(9)17/h1-6H. The number of fused-ring (bicyclic) bond motifs is 2. The smallest absolute Gasteiger partial charge is 0.194 e. The molecule has 0 N–H and O–H groups in total. The topological polar surface area (TPSA) is 34.1 Å². The van der Waals surface area contributed by atoms with Crippen molar-refractivity contribution < 1.29 is 9.59 Å². The van der Waals surface area contributed by atoms with Gasteiger partial charge in [-0.25, -0.2) is 0 Å². The van der Waals surface area contributed by atoms with Gasteiger partial charge in [0, 0.05) is 26.7 Å². The van der Waals surface area contributed by atoms with Crippen molar-refractivity contribution in [2.24, 2.45) is 0 Å². The second-order valence-corrected chi connectivity index (χ2v) is 4.98. The van der Waals surface area contributed by atoms with Gasteiger partial charge in [-0.3, -0.25) is 9.59 Å². The van der Waals surface area contributed by atoms with Crippen LogP contribution in [0.25, 0.3) is 0 Å². The molecule has 0 atom stereocenters. The molecule has 1 aliphatic carbocycles. The molecule has 0 saturated carbocycles. The number of carbonyl (C=O) groups excluding carboxylic acids is 2. The first-order valence-electron chi connectivity index (χ1n) is 5.37. The van der Waals surface area contributed by atoms with E-state index in [0.717, 1.165) is 0 Å². The summed E-state index contributed by atoms with van der Waals surface area (Å²) in [5, 5.41) is 0. The first-order valence-corrected chi connectivity index (χ1v) is 6.16. The molecule has 0 unspecified atom stereocenters. The Labute approximate surface area is 114 Å². The van der Waals surface area contributed by atoms with Gasteiger partial charge >= 0.3 is 0 Å². The number of ketones is 2.